The van der Waals surface area contributed by atoms with E-state index in [1.165, 1.54) is 19.2 Å². The fraction of sp³-hybridized carbons (Fsp3) is 0.250. The predicted octanol–water partition coefficient (Wildman–Crippen LogP) is -1.11. The third-order valence-electron chi connectivity index (χ3n) is 2.20. The molecule has 0 fully saturated rings. The second-order valence-electron chi connectivity index (χ2n) is 3.67. The summed E-state index contributed by atoms with van der Waals surface area (Å²) in [5.74, 6) is -2.61. The van der Waals surface area contributed by atoms with Gasteiger partial charge in [0, 0.05) is 12.6 Å². The third kappa shape index (κ3) is 4.30. The molecule has 0 aliphatic rings. The standard InChI is InChI=1S/C12H14N2O5/c1-7(15)13-10(12(17)18)11(16)14-8-3-5-9(19-2)6-4-8/h3-6,10H,1-2H3,(H,13,15)(H,14,16)(H,17,18)/p-1/t10-/m0/s1. The molecule has 0 radical (unpaired) electrons. The molecule has 1 rings (SSSR count). The van der Waals surface area contributed by atoms with Crippen molar-refractivity contribution in [1.82, 2.24) is 5.32 Å². The number of benzene rings is 1. The number of methoxy groups -OCH3 is 1. The van der Waals surface area contributed by atoms with Crippen LogP contribution >= 0.6 is 0 Å². The van der Waals surface area contributed by atoms with Crippen LogP contribution < -0.4 is 20.5 Å². The molecular weight excluding hydrogens is 252 g/mol. The van der Waals surface area contributed by atoms with E-state index >= 15 is 0 Å². The highest BCUT2D eigenvalue weighted by Crippen LogP contribution is 2.15. The number of carbonyl (C=O) groups is 3. The van der Waals surface area contributed by atoms with Crippen LogP contribution in [0.2, 0.25) is 0 Å². The minimum absolute atomic E-state index is 0.377. The topological polar surface area (TPSA) is 108 Å². The maximum atomic E-state index is 11.7. The Balaban J connectivity index is 2.75. The predicted molar refractivity (Wildman–Crippen MR) is 64.2 cm³/mol. The van der Waals surface area contributed by atoms with Gasteiger partial charge in [-0.3, -0.25) is 9.59 Å². The summed E-state index contributed by atoms with van der Waals surface area (Å²) in [6.07, 6.45) is 0. The second-order valence-corrected chi connectivity index (χ2v) is 3.67. The molecule has 19 heavy (non-hydrogen) atoms. The first-order valence-corrected chi connectivity index (χ1v) is 5.37. The minimum atomic E-state index is -1.74. The molecule has 0 spiro atoms. The Kier molecular flexibility index (Phi) is 4.87. The Morgan fingerprint density at radius 3 is 2.21 bits per heavy atom. The Bertz CT molecular complexity index is 483. The van der Waals surface area contributed by atoms with E-state index in [0.29, 0.717) is 11.4 Å². The molecular formula is C12H13N2O5-. The highest BCUT2D eigenvalue weighted by molar-refractivity contribution is 6.09. The van der Waals surface area contributed by atoms with E-state index < -0.39 is 23.8 Å². The number of aliphatic carboxylic acids is 1. The van der Waals surface area contributed by atoms with Gasteiger partial charge in [0.15, 0.2) is 0 Å². The summed E-state index contributed by atoms with van der Waals surface area (Å²) >= 11 is 0. The zero-order valence-corrected chi connectivity index (χ0v) is 10.4. The number of amides is 2. The van der Waals surface area contributed by atoms with Crippen LogP contribution in [0.4, 0.5) is 5.69 Å². The number of carboxylic acid groups (broad SMARTS) is 1. The molecule has 0 bridgehead atoms. The molecule has 0 heterocycles. The molecule has 7 nitrogen and oxygen atoms in total. The molecule has 1 aromatic carbocycles. The Labute approximate surface area is 109 Å². The minimum Gasteiger partial charge on any atom is -0.547 e. The molecule has 1 atom stereocenters. The summed E-state index contributed by atoms with van der Waals surface area (Å²) in [5.41, 5.74) is 0.377. The zero-order chi connectivity index (χ0) is 14.4. The fourth-order valence-corrected chi connectivity index (χ4v) is 1.32. The summed E-state index contributed by atoms with van der Waals surface area (Å²) in [4.78, 5) is 33.2. The summed E-state index contributed by atoms with van der Waals surface area (Å²) in [6.45, 7) is 1.11. The van der Waals surface area contributed by atoms with E-state index in [1.807, 2.05) is 5.32 Å². The number of carbonyl (C=O) groups excluding carboxylic acids is 3. The molecule has 0 saturated carbocycles. The van der Waals surface area contributed by atoms with E-state index in [2.05, 4.69) is 5.32 Å². The van der Waals surface area contributed by atoms with Crippen molar-refractivity contribution in [2.75, 3.05) is 12.4 Å². The van der Waals surface area contributed by atoms with Crippen LogP contribution in [0.25, 0.3) is 0 Å². The fourth-order valence-electron chi connectivity index (χ4n) is 1.32. The number of rotatable bonds is 5. The van der Waals surface area contributed by atoms with Crippen molar-refractivity contribution in [3.05, 3.63) is 24.3 Å². The van der Waals surface area contributed by atoms with Crippen molar-refractivity contribution in [2.45, 2.75) is 13.0 Å². The van der Waals surface area contributed by atoms with E-state index in [-0.39, 0.29) is 0 Å². The van der Waals surface area contributed by atoms with E-state index in [0.717, 1.165) is 6.92 Å². The lowest BCUT2D eigenvalue weighted by Gasteiger charge is -2.18. The van der Waals surface area contributed by atoms with E-state index in [1.54, 1.807) is 12.1 Å². The third-order valence-corrected chi connectivity index (χ3v) is 2.20. The molecule has 1 aromatic rings. The number of anilines is 1. The molecule has 0 aromatic heterocycles. The zero-order valence-electron chi connectivity index (χ0n) is 10.4. The van der Waals surface area contributed by atoms with Crippen LogP contribution in [-0.2, 0) is 14.4 Å². The van der Waals surface area contributed by atoms with Gasteiger partial charge in [-0.1, -0.05) is 0 Å². The number of ether oxygens (including phenoxy) is 1. The Morgan fingerprint density at radius 2 is 1.79 bits per heavy atom. The summed E-state index contributed by atoms with van der Waals surface area (Å²) in [6, 6.07) is 4.54. The average Bonchev–Trinajstić information content (AvgIpc) is 2.36. The first kappa shape index (κ1) is 14.5. The van der Waals surface area contributed by atoms with Crippen molar-refractivity contribution in [2.24, 2.45) is 0 Å². The van der Waals surface area contributed by atoms with Gasteiger partial charge in [-0.15, -0.1) is 0 Å². The maximum absolute atomic E-state index is 11.7. The summed E-state index contributed by atoms with van der Waals surface area (Å²) < 4.78 is 4.94. The summed E-state index contributed by atoms with van der Waals surface area (Å²) in [7, 11) is 1.50. The molecule has 0 unspecified atom stereocenters. The normalized spacial score (nSPS) is 11.3. The first-order valence-electron chi connectivity index (χ1n) is 5.37. The van der Waals surface area contributed by atoms with Gasteiger partial charge in [-0.2, -0.15) is 0 Å². The van der Waals surface area contributed by atoms with Crippen LogP contribution in [0.3, 0.4) is 0 Å². The lowest BCUT2D eigenvalue weighted by Crippen LogP contribution is -2.54. The number of nitrogens with one attached hydrogen (secondary N) is 2. The van der Waals surface area contributed by atoms with Crippen LogP contribution in [0.15, 0.2) is 24.3 Å². The lowest BCUT2D eigenvalue weighted by molar-refractivity contribution is -0.307. The molecule has 0 saturated heterocycles. The smallest absolute Gasteiger partial charge is 0.252 e. The van der Waals surface area contributed by atoms with Crippen LogP contribution in [0.5, 0.6) is 5.75 Å². The highest BCUT2D eigenvalue weighted by Gasteiger charge is 2.20. The molecule has 0 aliphatic heterocycles. The van der Waals surface area contributed by atoms with Crippen molar-refractivity contribution >= 4 is 23.5 Å². The summed E-state index contributed by atoms with van der Waals surface area (Å²) in [5, 5.41) is 15.1. The highest BCUT2D eigenvalue weighted by atomic mass is 16.5. The van der Waals surface area contributed by atoms with Crippen LogP contribution in [0.1, 0.15) is 6.92 Å². The van der Waals surface area contributed by atoms with Crippen LogP contribution in [-0.4, -0.2) is 30.9 Å². The van der Waals surface area contributed by atoms with Gasteiger partial charge in [-0.05, 0) is 24.3 Å². The monoisotopic (exact) mass is 265 g/mol. The van der Waals surface area contributed by atoms with Gasteiger partial charge in [0.05, 0.1) is 13.1 Å². The van der Waals surface area contributed by atoms with E-state index in [9.17, 15) is 19.5 Å². The molecule has 2 N–H and O–H groups in total. The quantitative estimate of drug-likeness (QED) is 0.656. The van der Waals surface area contributed by atoms with Gasteiger partial charge >= 0.3 is 0 Å². The number of hydrogen-bond donors (Lipinski definition) is 2. The van der Waals surface area contributed by atoms with E-state index in [4.69, 9.17) is 4.74 Å². The second kappa shape index (κ2) is 6.39. The van der Waals surface area contributed by atoms with Crippen molar-refractivity contribution < 1.29 is 24.2 Å². The van der Waals surface area contributed by atoms with Gasteiger partial charge in [0.1, 0.15) is 11.8 Å². The largest absolute Gasteiger partial charge is 0.547 e. The molecule has 102 valence electrons. The van der Waals surface area contributed by atoms with Gasteiger partial charge in [0.25, 0.3) is 5.91 Å². The van der Waals surface area contributed by atoms with Crippen molar-refractivity contribution in [3.8, 4) is 5.75 Å². The average molecular weight is 265 g/mol. The number of hydrogen-bond acceptors (Lipinski definition) is 5. The first-order chi connectivity index (χ1) is 8.93. The van der Waals surface area contributed by atoms with Crippen LogP contribution in [0, 0.1) is 0 Å². The number of carboxylic acids is 1. The van der Waals surface area contributed by atoms with Crippen molar-refractivity contribution in [1.29, 1.82) is 0 Å². The van der Waals surface area contributed by atoms with Crippen molar-refractivity contribution in [3.63, 3.8) is 0 Å². The SMILES string of the molecule is COc1ccc(NC(=O)[C@H](NC(C)=O)C(=O)[O-])cc1. The Morgan fingerprint density at radius 1 is 1.21 bits per heavy atom. The lowest BCUT2D eigenvalue weighted by atomic mass is 10.2. The maximum Gasteiger partial charge on any atom is 0.252 e. The molecule has 7 heteroatoms. The van der Waals surface area contributed by atoms with Gasteiger partial charge < -0.3 is 25.3 Å². The van der Waals surface area contributed by atoms with Gasteiger partial charge in [0.2, 0.25) is 5.91 Å². The Hall–Kier alpha value is -2.57. The molecule has 0 aliphatic carbocycles. The van der Waals surface area contributed by atoms with Gasteiger partial charge in [-0.25, -0.2) is 0 Å². The molecule has 2 amide bonds.